The van der Waals surface area contributed by atoms with Gasteiger partial charge >= 0.3 is 12.1 Å². The lowest BCUT2D eigenvalue weighted by atomic mass is 9.77. The van der Waals surface area contributed by atoms with Crippen molar-refractivity contribution in [2.45, 2.75) is 31.0 Å². The maximum atomic E-state index is 12.7. The highest BCUT2D eigenvalue weighted by atomic mass is 19.4. The number of aliphatic carboxylic acids is 1. The van der Waals surface area contributed by atoms with E-state index in [9.17, 15) is 23.1 Å². The summed E-state index contributed by atoms with van der Waals surface area (Å²) in [4.78, 5) is 15.3. The number of nitrogens with zero attached hydrogens (tertiary/aromatic N) is 3. The van der Waals surface area contributed by atoms with Crippen LogP contribution < -0.4 is 5.32 Å². The van der Waals surface area contributed by atoms with E-state index in [1.54, 1.807) is 0 Å². The Hall–Kier alpha value is -2.32. The molecule has 1 aliphatic carbocycles. The zero-order valence-electron chi connectivity index (χ0n) is 10.7. The van der Waals surface area contributed by atoms with E-state index in [0.29, 0.717) is 12.8 Å². The second-order valence-electron chi connectivity index (χ2n) is 5.00. The van der Waals surface area contributed by atoms with Crippen LogP contribution in [0.2, 0.25) is 0 Å². The molecule has 1 aliphatic rings. The summed E-state index contributed by atoms with van der Waals surface area (Å²) < 4.78 is 39.1. The van der Waals surface area contributed by atoms with Crippen LogP contribution in [0.25, 0.3) is 5.52 Å². The van der Waals surface area contributed by atoms with Gasteiger partial charge in [0, 0.05) is 18.5 Å². The molecule has 0 unspecified atom stereocenters. The van der Waals surface area contributed by atoms with Crippen molar-refractivity contribution in [2.75, 3.05) is 5.32 Å². The standard InChI is InChI=1S/C12H11F3N4O2/c13-12(14,15)8-6-7-9(16-4-5-19(7)18-8)17-11(10(20)21)2-1-3-11/h4-6H,1-3H2,(H,16,17)(H,20,21). The smallest absolute Gasteiger partial charge is 0.435 e. The minimum Gasteiger partial charge on any atom is -0.480 e. The molecule has 9 heteroatoms. The van der Waals surface area contributed by atoms with Gasteiger partial charge in [0.2, 0.25) is 0 Å². The average Bonchev–Trinajstić information content (AvgIpc) is 2.77. The monoisotopic (exact) mass is 300 g/mol. The molecule has 112 valence electrons. The van der Waals surface area contributed by atoms with Crippen LogP contribution in [0.15, 0.2) is 18.5 Å². The van der Waals surface area contributed by atoms with Gasteiger partial charge in [-0.15, -0.1) is 0 Å². The van der Waals surface area contributed by atoms with E-state index in [4.69, 9.17) is 0 Å². The molecule has 0 spiro atoms. The Kier molecular flexibility index (Phi) is 2.82. The van der Waals surface area contributed by atoms with Gasteiger partial charge in [-0.3, -0.25) is 0 Å². The van der Waals surface area contributed by atoms with Crippen molar-refractivity contribution in [3.63, 3.8) is 0 Å². The number of anilines is 1. The van der Waals surface area contributed by atoms with E-state index in [1.807, 2.05) is 0 Å². The van der Waals surface area contributed by atoms with Crippen molar-refractivity contribution in [1.82, 2.24) is 14.6 Å². The van der Waals surface area contributed by atoms with Crippen molar-refractivity contribution >= 4 is 17.3 Å². The molecule has 0 atom stereocenters. The van der Waals surface area contributed by atoms with Gasteiger partial charge in [0.1, 0.15) is 11.1 Å². The first-order valence-electron chi connectivity index (χ1n) is 6.25. The lowest BCUT2D eigenvalue weighted by molar-refractivity contribution is -0.145. The van der Waals surface area contributed by atoms with Gasteiger partial charge in [-0.2, -0.15) is 18.3 Å². The normalized spacial score (nSPS) is 17.5. The molecular formula is C12H11F3N4O2. The van der Waals surface area contributed by atoms with Gasteiger partial charge in [0.15, 0.2) is 11.5 Å². The number of hydrogen-bond acceptors (Lipinski definition) is 4. The summed E-state index contributed by atoms with van der Waals surface area (Å²) in [5.41, 5.74) is -2.11. The molecule has 3 rings (SSSR count). The van der Waals surface area contributed by atoms with Crippen LogP contribution in [0.4, 0.5) is 19.0 Å². The molecule has 2 heterocycles. The highest BCUT2D eigenvalue weighted by Gasteiger charge is 2.45. The Bertz CT molecular complexity index is 706. The minimum absolute atomic E-state index is 0.0857. The molecule has 0 aliphatic heterocycles. The van der Waals surface area contributed by atoms with Gasteiger partial charge < -0.3 is 10.4 Å². The van der Waals surface area contributed by atoms with Gasteiger partial charge in [0.25, 0.3) is 0 Å². The molecule has 2 N–H and O–H groups in total. The predicted octanol–water partition coefficient (Wildman–Crippen LogP) is 2.17. The van der Waals surface area contributed by atoms with Crippen LogP contribution in [-0.2, 0) is 11.0 Å². The Morgan fingerprint density at radius 2 is 2.14 bits per heavy atom. The average molecular weight is 300 g/mol. The Morgan fingerprint density at radius 1 is 1.43 bits per heavy atom. The van der Waals surface area contributed by atoms with Crippen molar-refractivity contribution < 1.29 is 23.1 Å². The van der Waals surface area contributed by atoms with Gasteiger partial charge in [-0.1, -0.05) is 0 Å². The van der Waals surface area contributed by atoms with Crippen LogP contribution in [0.1, 0.15) is 25.0 Å². The molecule has 2 aromatic heterocycles. The van der Waals surface area contributed by atoms with E-state index in [2.05, 4.69) is 15.4 Å². The maximum absolute atomic E-state index is 12.7. The lowest BCUT2D eigenvalue weighted by Crippen LogP contribution is -2.52. The fourth-order valence-corrected chi connectivity index (χ4v) is 2.31. The Morgan fingerprint density at radius 3 is 2.67 bits per heavy atom. The largest absolute Gasteiger partial charge is 0.480 e. The molecule has 0 saturated heterocycles. The number of halogens is 3. The molecule has 0 aromatic carbocycles. The lowest BCUT2D eigenvalue weighted by Gasteiger charge is -2.38. The number of carbonyl (C=O) groups is 1. The van der Waals surface area contributed by atoms with Crippen LogP contribution in [0.5, 0.6) is 0 Å². The Labute approximate surface area is 116 Å². The van der Waals surface area contributed by atoms with Crippen LogP contribution in [-0.4, -0.2) is 31.2 Å². The van der Waals surface area contributed by atoms with Gasteiger partial charge in [-0.05, 0) is 19.3 Å². The summed E-state index contributed by atoms with van der Waals surface area (Å²) in [6, 6.07) is 0.851. The summed E-state index contributed by atoms with van der Waals surface area (Å²) in [6.45, 7) is 0. The zero-order chi connectivity index (χ0) is 15.3. The molecule has 1 saturated carbocycles. The van der Waals surface area contributed by atoms with E-state index in [-0.39, 0.29) is 11.3 Å². The summed E-state index contributed by atoms with van der Waals surface area (Å²) in [7, 11) is 0. The first-order valence-corrected chi connectivity index (χ1v) is 6.25. The van der Waals surface area contributed by atoms with Crippen molar-refractivity contribution in [3.05, 3.63) is 24.2 Å². The van der Waals surface area contributed by atoms with Gasteiger partial charge in [0.05, 0.1) is 0 Å². The summed E-state index contributed by atoms with van der Waals surface area (Å²) >= 11 is 0. The number of fused-ring (bicyclic) bond motifs is 1. The first kappa shape index (κ1) is 13.7. The molecular weight excluding hydrogens is 289 g/mol. The molecule has 21 heavy (non-hydrogen) atoms. The number of alkyl halides is 3. The fourth-order valence-electron chi connectivity index (χ4n) is 2.31. The second-order valence-corrected chi connectivity index (χ2v) is 5.00. The molecule has 0 radical (unpaired) electrons. The second kappa shape index (κ2) is 4.34. The minimum atomic E-state index is -4.57. The van der Waals surface area contributed by atoms with E-state index in [1.165, 1.54) is 12.4 Å². The summed E-state index contributed by atoms with van der Waals surface area (Å²) in [5.74, 6) is -0.948. The number of carboxylic acids is 1. The third kappa shape index (κ3) is 2.18. The third-order valence-corrected chi connectivity index (χ3v) is 3.65. The molecule has 2 aromatic rings. The summed E-state index contributed by atoms with van der Waals surface area (Å²) in [6.07, 6.45) is -0.447. The highest BCUT2D eigenvalue weighted by molar-refractivity contribution is 5.85. The van der Waals surface area contributed by atoms with Crippen molar-refractivity contribution in [3.8, 4) is 0 Å². The van der Waals surface area contributed by atoms with E-state index >= 15 is 0 Å². The molecule has 6 nitrogen and oxygen atoms in total. The molecule has 0 bridgehead atoms. The van der Waals surface area contributed by atoms with E-state index < -0.39 is 23.4 Å². The SMILES string of the molecule is O=C(O)C1(Nc2nccn3nc(C(F)(F)F)cc23)CCC1. The van der Waals surface area contributed by atoms with Crippen molar-refractivity contribution in [2.24, 2.45) is 0 Å². The summed E-state index contributed by atoms with van der Waals surface area (Å²) in [5, 5.41) is 15.4. The molecule has 1 fully saturated rings. The van der Waals surface area contributed by atoms with Crippen LogP contribution in [0.3, 0.4) is 0 Å². The van der Waals surface area contributed by atoms with Crippen LogP contribution >= 0.6 is 0 Å². The number of carboxylic acid groups (broad SMARTS) is 1. The quantitative estimate of drug-likeness (QED) is 0.908. The predicted molar refractivity (Wildman–Crippen MR) is 65.8 cm³/mol. The number of aromatic nitrogens is 3. The van der Waals surface area contributed by atoms with Crippen LogP contribution in [0, 0.1) is 0 Å². The third-order valence-electron chi connectivity index (χ3n) is 3.65. The topological polar surface area (TPSA) is 79.5 Å². The van der Waals surface area contributed by atoms with E-state index in [0.717, 1.165) is 17.0 Å². The highest BCUT2D eigenvalue weighted by Crippen LogP contribution is 2.37. The van der Waals surface area contributed by atoms with Gasteiger partial charge in [-0.25, -0.2) is 14.3 Å². The van der Waals surface area contributed by atoms with Crippen molar-refractivity contribution in [1.29, 1.82) is 0 Å². The molecule has 0 amide bonds. The number of nitrogens with one attached hydrogen (secondary N) is 1. The number of hydrogen-bond donors (Lipinski definition) is 2. The number of rotatable bonds is 3. The Balaban J connectivity index is 2.03. The first-order chi connectivity index (χ1) is 9.82. The maximum Gasteiger partial charge on any atom is 0.435 e. The zero-order valence-corrected chi connectivity index (χ0v) is 10.7. The fraction of sp³-hybridized carbons (Fsp3) is 0.417.